The number of guanidine groups is 1. The molecule has 5 nitrogen and oxygen atoms in total. The third-order valence-corrected chi connectivity index (χ3v) is 4.83. The van der Waals surface area contributed by atoms with E-state index >= 15 is 0 Å². The molecule has 1 saturated heterocycles. The molecule has 0 saturated carbocycles. The van der Waals surface area contributed by atoms with Gasteiger partial charge in [0.1, 0.15) is 0 Å². The summed E-state index contributed by atoms with van der Waals surface area (Å²) in [6.45, 7) is 9.67. The molecule has 0 aromatic heterocycles. The number of nitrogens with zero attached hydrogens (tertiary/aromatic N) is 2. The average Bonchev–Trinajstić information content (AvgIpc) is 2.65. The second-order valence-corrected chi connectivity index (χ2v) is 6.79. The van der Waals surface area contributed by atoms with Gasteiger partial charge in [-0.15, -0.1) is 0 Å². The highest BCUT2D eigenvalue weighted by molar-refractivity contribution is 5.80. The van der Waals surface area contributed by atoms with Crippen LogP contribution in [-0.4, -0.2) is 50.1 Å². The second kappa shape index (κ2) is 9.44. The number of hydrogen-bond acceptors (Lipinski definition) is 3. The molecule has 1 unspecified atom stereocenters. The predicted octanol–water partition coefficient (Wildman–Crippen LogP) is 2.95. The highest BCUT2D eigenvalue weighted by Crippen LogP contribution is 2.19. The molecule has 1 aliphatic rings. The SMILES string of the molecule is CCNC(=NCC(C)c1ccc(C)cc1)N1CCC(C(=O)OC)CC1. The molecule has 5 heteroatoms. The molecular weight excluding hydrogens is 314 g/mol. The molecule has 138 valence electrons. The lowest BCUT2D eigenvalue weighted by atomic mass is 9.97. The lowest BCUT2D eigenvalue weighted by Gasteiger charge is -2.33. The largest absolute Gasteiger partial charge is 0.469 e. The number of methoxy groups -OCH3 is 1. The molecule has 0 radical (unpaired) electrons. The number of aliphatic imine (C=N–C) groups is 1. The normalized spacial score (nSPS) is 17.3. The van der Waals surface area contributed by atoms with Crippen molar-refractivity contribution in [1.29, 1.82) is 0 Å². The minimum absolute atomic E-state index is 0.0237. The van der Waals surface area contributed by atoms with Crippen LogP contribution in [0, 0.1) is 12.8 Å². The maximum Gasteiger partial charge on any atom is 0.308 e. The minimum atomic E-state index is -0.0883. The summed E-state index contributed by atoms with van der Waals surface area (Å²) < 4.78 is 4.87. The first kappa shape index (κ1) is 19.3. The standard InChI is InChI=1S/C20H31N3O2/c1-5-21-20(23-12-10-18(11-13-23)19(24)25-4)22-14-16(3)17-8-6-15(2)7-9-17/h6-9,16,18H,5,10-14H2,1-4H3,(H,21,22). The maximum absolute atomic E-state index is 11.7. The van der Waals surface area contributed by atoms with E-state index in [4.69, 9.17) is 9.73 Å². The summed E-state index contributed by atoms with van der Waals surface area (Å²) in [4.78, 5) is 18.8. The lowest BCUT2D eigenvalue weighted by Crippen LogP contribution is -2.46. The van der Waals surface area contributed by atoms with E-state index in [9.17, 15) is 4.79 Å². The predicted molar refractivity (Wildman–Crippen MR) is 102 cm³/mol. The zero-order chi connectivity index (χ0) is 18.2. The van der Waals surface area contributed by atoms with Crippen LogP contribution in [0.2, 0.25) is 0 Å². The maximum atomic E-state index is 11.7. The molecule has 0 amide bonds. The zero-order valence-corrected chi connectivity index (χ0v) is 15.9. The first-order valence-electron chi connectivity index (χ1n) is 9.22. The van der Waals surface area contributed by atoms with Gasteiger partial charge in [0.25, 0.3) is 0 Å². The van der Waals surface area contributed by atoms with Crippen molar-refractivity contribution in [3.63, 3.8) is 0 Å². The second-order valence-electron chi connectivity index (χ2n) is 6.79. The number of carbonyl (C=O) groups is 1. The van der Waals surface area contributed by atoms with Gasteiger partial charge in [0, 0.05) is 32.1 Å². The topological polar surface area (TPSA) is 53.9 Å². The molecule has 1 aromatic rings. The Balaban J connectivity index is 1.96. The van der Waals surface area contributed by atoms with Gasteiger partial charge in [-0.05, 0) is 32.3 Å². The Kier molecular flexibility index (Phi) is 7.29. The smallest absolute Gasteiger partial charge is 0.308 e. The van der Waals surface area contributed by atoms with Crippen LogP contribution in [0.15, 0.2) is 29.3 Å². The quantitative estimate of drug-likeness (QED) is 0.506. The average molecular weight is 345 g/mol. The van der Waals surface area contributed by atoms with Crippen molar-refractivity contribution >= 4 is 11.9 Å². The Labute approximate surface area is 151 Å². The van der Waals surface area contributed by atoms with E-state index in [1.54, 1.807) is 0 Å². The van der Waals surface area contributed by atoms with Gasteiger partial charge in [-0.25, -0.2) is 0 Å². The van der Waals surface area contributed by atoms with Crippen LogP contribution in [0.25, 0.3) is 0 Å². The summed E-state index contributed by atoms with van der Waals surface area (Å²) in [6, 6.07) is 8.67. The van der Waals surface area contributed by atoms with Gasteiger partial charge in [-0.1, -0.05) is 36.8 Å². The number of rotatable bonds is 5. The zero-order valence-electron chi connectivity index (χ0n) is 15.9. The van der Waals surface area contributed by atoms with E-state index in [0.29, 0.717) is 5.92 Å². The fourth-order valence-corrected chi connectivity index (χ4v) is 3.14. The van der Waals surface area contributed by atoms with Crippen molar-refractivity contribution in [2.45, 2.75) is 39.5 Å². The van der Waals surface area contributed by atoms with E-state index < -0.39 is 0 Å². The summed E-state index contributed by atoms with van der Waals surface area (Å²) in [6.07, 6.45) is 1.65. The van der Waals surface area contributed by atoms with Crippen LogP contribution in [-0.2, 0) is 9.53 Å². The van der Waals surface area contributed by atoms with Gasteiger partial charge in [-0.3, -0.25) is 9.79 Å². The summed E-state index contributed by atoms with van der Waals surface area (Å²) in [5, 5.41) is 3.39. The molecule has 1 aromatic carbocycles. The van der Waals surface area contributed by atoms with Crippen molar-refractivity contribution in [2.24, 2.45) is 10.9 Å². The number of piperidine rings is 1. The number of aryl methyl sites for hydroxylation is 1. The molecule has 0 bridgehead atoms. The fourth-order valence-electron chi connectivity index (χ4n) is 3.14. The number of nitrogens with one attached hydrogen (secondary N) is 1. The van der Waals surface area contributed by atoms with Gasteiger partial charge in [0.2, 0.25) is 0 Å². The van der Waals surface area contributed by atoms with Gasteiger partial charge in [0.15, 0.2) is 5.96 Å². The lowest BCUT2D eigenvalue weighted by molar-refractivity contribution is -0.146. The van der Waals surface area contributed by atoms with Crippen LogP contribution in [0.5, 0.6) is 0 Å². The summed E-state index contributed by atoms with van der Waals surface area (Å²) in [5.41, 5.74) is 2.59. The molecule has 1 aliphatic heterocycles. The van der Waals surface area contributed by atoms with Crippen LogP contribution in [0.4, 0.5) is 0 Å². The summed E-state index contributed by atoms with van der Waals surface area (Å²) >= 11 is 0. The highest BCUT2D eigenvalue weighted by atomic mass is 16.5. The molecule has 1 N–H and O–H groups in total. The minimum Gasteiger partial charge on any atom is -0.469 e. The first-order valence-corrected chi connectivity index (χ1v) is 9.22. The molecule has 0 spiro atoms. The van der Waals surface area contributed by atoms with Crippen LogP contribution < -0.4 is 5.32 Å². The Morgan fingerprint density at radius 2 is 1.96 bits per heavy atom. The molecule has 2 rings (SSSR count). The molecule has 1 atom stereocenters. The molecule has 25 heavy (non-hydrogen) atoms. The first-order chi connectivity index (χ1) is 12.0. The van der Waals surface area contributed by atoms with Crippen molar-refractivity contribution in [1.82, 2.24) is 10.2 Å². The van der Waals surface area contributed by atoms with Crippen molar-refractivity contribution in [3.05, 3.63) is 35.4 Å². The van der Waals surface area contributed by atoms with E-state index in [2.05, 4.69) is 55.3 Å². The third-order valence-electron chi connectivity index (χ3n) is 4.83. The fraction of sp³-hybridized carbons (Fsp3) is 0.600. The van der Waals surface area contributed by atoms with E-state index in [1.165, 1.54) is 18.2 Å². The van der Waals surface area contributed by atoms with Crippen molar-refractivity contribution in [3.8, 4) is 0 Å². The van der Waals surface area contributed by atoms with Crippen LogP contribution in [0.1, 0.15) is 43.7 Å². The Hall–Kier alpha value is -2.04. The Morgan fingerprint density at radius 1 is 1.32 bits per heavy atom. The Morgan fingerprint density at radius 3 is 2.52 bits per heavy atom. The van der Waals surface area contributed by atoms with E-state index in [0.717, 1.165) is 45.0 Å². The van der Waals surface area contributed by atoms with Gasteiger partial charge >= 0.3 is 5.97 Å². The third kappa shape index (κ3) is 5.48. The van der Waals surface area contributed by atoms with E-state index in [1.807, 2.05) is 0 Å². The number of benzene rings is 1. The van der Waals surface area contributed by atoms with Gasteiger partial charge in [0.05, 0.1) is 13.0 Å². The van der Waals surface area contributed by atoms with Gasteiger partial charge in [-0.2, -0.15) is 0 Å². The highest BCUT2D eigenvalue weighted by Gasteiger charge is 2.27. The number of hydrogen-bond donors (Lipinski definition) is 1. The molecule has 1 heterocycles. The van der Waals surface area contributed by atoms with Crippen LogP contribution in [0.3, 0.4) is 0 Å². The number of likely N-dealkylation sites (tertiary alicyclic amines) is 1. The number of ether oxygens (including phenoxy) is 1. The monoisotopic (exact) mass is 345 g/mol. The van der Waals surface area contributed by atoms with Crippen LogP contribution >= 0.6 is 0 Å². The van der Waals surface area contributed by atoms with E-state index in [-0.39, 0.29) is 11.9 Å². The van der Waals surface area contributed by atoms with Crippen molar-refractivity contribution < 1.29 is 9.53 Å². The molecule has 1 fully saturated rings. The Bertz CT molecular complexity index is 575. The summed E-state index contributed by atoms with van der Waals surface area (Å²) in [7, 11) is 1.46. The van der Waals surface area contributed by atoms with Crippen molar-refractivity contribution in [2.75, 3.05) is 33.3 Å². The summed E-state index contributed by atoms with van der Waals surface area (Å²) in [5.74, 6) is 1.26. The van der Waals surface area contributed by atoms with Gasteiger partial charge < -0.3 is 15.0 Å². The molecule has 0 aliphatic carbocycles. The number of esters is 1. The molecular formula is C20H31N3O2. The number of carbonyl (C=O) groups excluding carboxylic acids is 1.